The van der Waals surface area contributed by atoms with Crippen LogP contribution in [0.2, 0.25) is 0 Å². The molecule has 25 heavy (non-hydrogen) atoms. The van der Waals surface area contributed by atoms with Crippen LogP contribution in [0.25, 0.3) is 0 Å². The molecular formula is C18H27N3O3S. The van der Waals surface area contributed by atoms with Gasteiger partial charge in [-0.3, -0.25) is 4.79 Å². The number of hydrogen-bond acceptors (Lipinski definition) is 4. The quantitative estimate of drug-likeness (QED) is 0.879. The first-order valence-corrected chi connectivity index (χ1v) is 10.4. The number of carbonyl (C=O) groups is 1. The summed E-state index contributed by atoms with van der Waals surface area (Å²) in [6, 6.07) is 6.57. The summed E-state index contributed by atoms with van der Waals surface area (Å²) in [4.78, 5) is 14.6. The molecule has 2 aliphatic heterocycles. The van der Waals surface area contributed by atoms with Gasteiger partial charge in [-0.1, -0.05) is 6.92 Å². The molecule has 0 aromatic heterocycles. The van der Waals surface area contributed by atoms with Gasteiger partial charge in [-0.15, -0.1) is 0 Å². The van der Waals surface area contributed by atoms with E-state index >= 15 is 0 Å². The first-order chi connectivity index (χ1) is 11.9. The minimum absolute atomic E-state index is 0.0653. The van der Waals surface area contributed by atoms with Crippen LogP contribution in [-0.4, -0.2) is 62.8 Å². The highest BCUT2D eigenvalue weighted by Crippen LogP contribution is 2.24. The normalized spacial score (nSPS) is 22.9. The fourth-order valence-electron chi connectivity index (χ4n) is 3.48. The SMILES string of the molecule is CC1CCN(S(=O)(=O)c2ccc(C(=O)N(C)C3CCNC3)cc2)CC1. The molecular weight excluding hydrogens is 338 g/mol. The molecule has 6 nitrogen and oxygen atoms in total. The van der Waals surface area contributed by atoms with Crippen molar-refractivity contribution in [1.82, 2.24) is 14.5 Å². The highest BCUT2D eigenvalue weighted by atomic mass is 32.2. The van der Waals surface area contributed by atoms with E-state index in [0.717, 1.165) is 32.4 Å². The van der Waals surface area contributed by atoms with Gasteiger partial charge >= 0.3 is 0 Å². The molecule has 1 aromatic rings. The van der Waals surface area contributed by atoms with Crippen molar-refractivity contribution in [2.75, 3.05) is 33.2 Å². The summed E-state index contributed by atoms with van der Waals surface area (Å²) in [5.41, 5.74) is 0.528. The van der Waals surface area contributed by atoms with E-state index in [-0.39, 0.29) is 16.8 Å². The Balaban J connectivity index is 1.72. The van der Waals surface area contributed by atoms with E-state index in [4.69, 9.17) is 0 Å². The Morgan fingerprint density at radius 2 is 1.80 bits per heavy atom. The van der Waals surface area contributed by atoms with Gasteiger partial charge in [-0.25, -0.2) is 8.42 Å². The monoisotopic (exact) mass is 365 g/mol. The lowest BCUT2D eigenvalue weighted by Gasteiger charge is -2.29. The van der Waals surface area contributed by atoms with Crippen LogP contribution in [0.4, 0.5) is 0 Å². The zero-order chi connectivity index (χ0) is 18.0. The molecule has 2 saturated heterocycles. The third kappa shape index (κ3) is 3.88. The second-order valence-electron chi connectivity index (χ2n) is 7.17. The van der Waals surface area contributed by atoms with E-state index in [1.54, 1.807) is 40.5 Å². The molecule has 138 valence electrons. The Hall–Kier alpha value is -1.44. The van der Waals surface area contributed by atoms with Gasteiger partial charge < -0.3 is 10.2 Å². The van der Waals surface area contributed by atoms with Crippen molar-refractivity contribution in [3.8, 4) is 0 Å². The lowest BCUT2D eigenvalue weighted by Crippen LogP contribution is -2.38. The molecule has 1 atom stereocenters. The topological polar surface area (TPSA) is 69.7 Å². The highest BCUT2D eigenvalue weighted by molar-refractivity contribution is 7.89. The van der Waals surface area contributed by atoms with Crippen LogP contribution in [0, 0.1) is 5.92 Å². The van der Waals surface area contributed by atoms with Gasteiger partial charge in [0.25, 0.3) is 5.91 Å². The summed E-state index contributed by atoms with van der Waals surface area (Å²) in [5.74, 6) is 0.511. The first kappa shape index (κ1) is 18.4. The van der Waals surface area contributed by atoms with Crippen molar-refractivity contribution >= 4 is 15.9 Å². The third-order valence-electron chi connectivity index (χ3n) is 5.38. The first-order valence-electron chi connectivity index (χ1n) is 8.97. The van der Waals surface area contributed by atoms with E-state index in [1.807, 2.05) is 0 Å². The Morgan fingerprint density at radius 3 is 2.36 bits per heavy atom. The lowest BCUT2D eigenvalue weighted by molar-refractivity contribution is 0.0743. The minimum atomic E-state index is -3.47. The Labute approximate surface area is 150 Å². The Morgan fingerprint density at radius 1 is 1.16 bits per heavy atom. The standard InChI is InChI=1S/C18H27N3O3S/c1-14-8-11-21(12-9-14)25(23,24)17-5-3-15(4-6-17)18(22)20(2)16-7-10-19-13-16/h3-6,14,16,19H,7-13H2,1-2H3. The van der Waals surface area contributed by atoms with Gasteiger partial charge in [-0.05, 0) is 56.0 Å². The Bertz CT molecular complexity index is 704. The van der Waals surface area contributed by atoms with Gasteiger partial charge in [0.1, 0.15) is 0 Å². The second kappa shape index (κ2) is 7.43. The summed E-state index contributed by atoms with van der Waals surface area (Å²) in [5, 5.41) is 3.25. The van der Waals surface area contributed by atoms with Crippen molar-refractivity contribution in [3.63, 3.8) is 0 Å². The number of benzene rings is 1. The third-order valence-corrected chi connectivity index (χ3v) is 7.30. The average molecular weight is 365 g/mol. The van der Waals surface area contributed by atoms with Crippen LogP contribution >= 0.6 is 0 Å². The van der Waals surface area contributed by atoms with Crippen molar-refractivity contribution < 1.29 is 13.2 Å². The average Bonchev–Trinajstić information content (AvgIpc) is 3.15. The number of carbonyl (C=O) groups excluding carboxylic acids is 1. The maximum absolute atomic E-state index is 12.7. The summed E-state index contributed by atoms with van der Waals surface area (Å²) in [7, 11) is -1.66. The van der Waals surface area contributed by atoms with Gasteiger partial charge in [-0.2, -0.15) is 4.31 Å². The number of likely N-dealkylation sites (N-methyl/N-ethyl adjacent to an activating group) is 1. The summed E-state index contributed by atoms with van der Waals surface area (Å²) in [6.07, 6.45) is 2.74. The van der Waals surface area contributed by atoms with Gasteiger partial charge in [0, 0.05) is 38.3 Å². The van der Waals surface area contributed by atoms with Crippen LogP contribution in [0.15, 0.2) is 29.2 Å². The van der Waals surface area contributed by atoms with Crippen LogP contribution in [0.3, 0.4) is 0 Å². The zero-order valence-electron chi connectivity index (χ0n) is 14.9. The van der Waals surface area contributed by atoms with Crippen molar-refractivity contribution in [2.45, 2.75) is 37.1 Å². The van der Waals surface area contributed by atoms with E-state index in [1.165, 1.54) is 0 Å². The van der Waals surface area contributed by atoms with Crippen LogP contribution in [-0.2, 0) is 10.0 Å². The van der Waals surface area contributed by atoms with Crippen molar-refractivity contribution in [1.29, 1.82) is 0 Å². The largest absolute Gasteiger partial charge is 0.337 e. The van der Waals surface area contributed by atoms with Gasteiger partial charge in [0.2, 0.25) is 10.0 Å². The summed E-state index contributed by atoms with van der Waals surface area (Å²) < 4.78 is 27.0. The molecule has 2 heterocycles. The van der Waals surface area contributed by atoms with Gasteiger partial charge in [0.05, 0.1) is 4.90 Å². The number of piperidine rings is 1. The zero-order valence-corrected chi connectivity index (χ0v) is 15.8. The molecule has 0 radical (unpaired) electrons. The number of nitrogens with one attached hydrogen (secondary N) is 1. The molecule has 1 N–H and O–H groups in total. The number of sulfonamides is 1. The second-order valence-corrected chi connectivity index (χ2v) is 9.11. The molecule has 0 spiro atoms. The molecule has 0 bridgehead atoms. The fraction of sp³-hybridized carbons (Fsp3) is 0.611. The minimum Gasteiger partial charge on any atom is -0.337 e. The number of nitrogens with zero attached hydrogens (tertiary/aromatic N) is 2. The number of rotatable bonds is 4. The molecule has 0 aliphatic carbocycles. The van der Waals surface area contributed by atoms with Crippen molar-refractivity contribution in [3.05, 3.63) is 29.8 Å². The molecule has 7 heteroatoms. The smallest absolute Gasteiger partial charge is 0.253 e. The predicted octanol–water partition coefficient (Wildman–Crippen LogP) is 1.54. The number of amides is 1. The molecule has 1 aromatic carbocycles. The highest BCUT2D eigenvalue weighted by Gasteiger charge is 2.29. The van der Waals surface area contributed by atoms with Gasteiger partial charge in [0.15, 0.2) is 0 Å². The van der Waals surface area contributed by atoms with Crippen molar-refractivity contribution in [2.24, 2.45) is 5.92 Å². The lowest BCUT2D eigenvalue weighted by atomic mass is 10.0. The molecule has 2 aliphatic rings. The predicted molar refractivity (Wildman–Crippen MR) is 97.0 cm³/mol. The summed E-state index contributed by atoms with van der Waals surface area (Å²) >= 11 is 0. The van der Waals surface area contributed by atoms with E-state index in [9.17, 15) is 13.2 Å². The summed E-state index contributed by atoms with van der Waals surface area (Å²) in [6.45, 7) is 5.03. The van der Waals surface area contributed by atoms with Crippen LogP contribution < -0.4 is 5.32 Å². The maximum atomic E-state index is 12.7. The van der Waals surface area contributed by atoms with E-state index in [0.29, 0.717) is 24.6 Å². The van der Waals surface area contributed by atoms with Crippen LogP contribution in [0.1, 0.15) is 36.5 Å². The number of hydrogen-bond donors (Lipinski definition) is 1. The van der Waals surface area contributed by atoms with Crippen LogP contribution in [0.5, 0.6) is 0 Å². The van der Waals surface area contributed by atoms with E-state index in [2.05, 4.69) is 12.2 Å². The van der Waals surface area contributed by atoms with E-state index < -0.39 is 10.0 Å². The molecule has 3 rings (SSSR count). The molecule has 1 unspecified atom stereocenters. The molecule has 1 amide bonds. The molecule has 0 saturated carbocycles. The fourth-order valence-corrected chi connectivity index (χ4v) is 4.95. The Kier molecular flexibility index (Phi) is 5.46. The molecule has 2 fully saturated rings. The maximum Gasteiger partial charge on any atom is 0.253 e.